The van der Waals surface area contributed by atoms with Gasteiger partial charge in [-0.2, -0.15) is 0 Å². The molecule has 1 aromatic heterocycles. The summed E-state index contributed by atoms with van der Waals surface area (Å²) in [6.07, 6.45) is 0.153. The van der Waals surface area contributed by atoms with Crippen LogP contribution in [0, 0.1) is 17.4 Å². The van der Waals surface area contributed by atoms with Crippen molar-refractivity contribution >= 4 is 28.6 Å². The molecule has 0 saturated heterocycles. The highest BCUT2D eigenvalue weighted by Crippen LogP contribution is 2.23. The van der Waals surface area contributed by atoms with Gasteiger partial charge < -0.3 is 9.26 Å². The molecule has 24 heavy (non-hydrogen) atoms. The first-order chi connectivity index (χ1) is 11.5. The SMILES string of the molecule is Cc1noc(C)c1CC(=O)Oc1ccc(-c2ccc(I)cc2)cc1. The standard InChI is InChI=1S/C19H16INO3/c1-12-18(13(2)24-21-12)11-19(22)23-17-9-5-15(6-10-17)14-3-7-16(20)8-4-14/h3-10H,11H2,1-2H3. The van der Waals surface area contributed by atoms with Crippen molar-refractivity contribution in [1.29, 1.82) is 0 Å². The van der Waals surface area contributed by atoms with Crippen molar-refractivity contribution < 1.29 is 14.1 Å². The number of esters is 1. The Bertz CT molecular complexity index is 832. The third kappa shape index (κ3) is 3.84. The fourth-order valence-electron chi connectivity index (χ4n) is 2.42. The van der Waals surface area contributed by atoms with E-state index in [-0.39, 0.29) is 12.4 Å². The molecule has 0 saturated carbocycles. The van der Waals surface area contributed by atoms with Gasteiger partial charge in [-0.3, -0.25) is 4.79 Å². The van der Waals surface area contributed by atoms with Crippen LogP contribution < -0.4 is 4.74 Å². The van der Waals surface area contributed by atoms with E-state index in [4.69, 9.17) is 9.26 Å². The summed E-state index contributed by atoms with van der Waals surface area (Å²) in [4.78, 5) is 12.1. The zero-order valence-corrected chi connectivity index (χ0v) is 15.5. The molecule has 122 valence electrons. The Kier molecular flexibility index (Phi) is 4.99. The molecule has 0 aliphatic carbocycles. The molecular weight excluding hydrogens is 417 g/mol. The second kappa shape index (κ2) is 7.17. The second-order valence-corrected chi connectivity index (χ2v) is 6.73. The quantitative estimate of drug-likeness (QED) is 0.340. The van der Waals surface area contributed by atoms with Gasteiger partial charge in [0.25, 0.3) is 0 Å². The smallest absolute Gasteiger partial charge is 0.315 e. The van der Waals surface area contributed by atoms with Gasteiger partial charge in [0.05, 0.1) is 12.1 Å². The van der Waals surface area contributed by atoms with Crippen LogP contribution in [0.3, 0.4) is 0 Å². The Morgan fingerprint density at radius 3 is 2.17 bits per heavy atom. The zero-order valence-electron chi connectivity index (χ0n) is 13.4. The van der Waals surface area contributed by atoms with Crippen LogP contribution in [0.4, 0.5) is 0 Å². The molecule has 2 aromatic carbocycles. The highest BCUT2D eigenvalue weighted by Gasteiger charge is 2.15. The third-order valence-electron chi connectivity index (χ3n) is 3.77. The van der Waals surface area contributed by atoms with Gasteiger partial charge in [0, 0.05) is 9.13 Å². The number of hydrogen-bond donors (Lipinski definition) is 0. The molecular formula is C19H16INO3. The minimum absolute atomic E-state index is 0.153. The van der Waals surface area contributed by atoms with E-state index in [0.29, 0.717) is 11.5 Å². The lowest BCUT2D eigenvalue weighted by atomic mass is 10.1. The van der Waals surface area contributed by atoms with Gasteiger partial charge in [0.2, 0.25) is 0 Å². The lowest BCUT2D eigenvalue weighted by Gasteiger charge is -2.06. The summed E-state index contributed by atoms with van der Waals surface area (Å²) >= 11 is 2.28. The van der Waals surface area contributed by atoms with Crippen molar-refractivity contribution in [2.24, 2.45) is 0 Å². The third-order valence-corrected chi connectivity index (χ3v) is 4.49. The van der Waals surface area contributed by atoms with E-state index < -0.39 is 0 Å². The predicted molar refractivity (Wildman–Crippen MR) is 99.9 cm³/mol. The van der Waals surface area contributed by atoms with E-state index >= 15 is 0 Å². The summed E-state index contributed by atoms with van der Waals surface area (Å²) in [7, 11) is 0. The minimum Gasteiger partial charge on any atom is -0.426 e. The van der Waals surface area contributed by atoms with Crippen molar-refractivity contribution in [1.82, 2.24) is 5.16 Å². The van der Waals surface area contributed by atoms with Crippen LogP contribution in [0.5, 0.6) is 5.75 Å². The summed E-state index contributed by atoms with van der Waals surface area (Å²) in [5.41, 5.74) is 3.72. The van der Waals surface area contributed by atoms with Crippen LogP contribution in [0.15, 0.2) is 53.1 Å². The number of hydrogen-bond acceptors (Lipinski definition) is 4. The summed E-state index contributed by atoms with van der Waals surface area (Å²) in [6.45, 7) is 3.60. The molecule has 0 N–H and O–H groups in total. The van der Waals surface area contributed by atoms with E-state index in [1.165, 1.54) is 3.57 Å². The number of carbonyl (C=O) groups is 1. The molecule has 3 aromatic rings. The molecule has 1 heterocycles. The van der Waals surface area contributed by atoms with Gasteiger partial charge in [0.1, 0.15) is 11.5 Å². The second-order valence-electron chi connectivity index (χ2n) is 5.48. The van der Waals surface area contributed by atoms with Crippen LogP contribution in [-0.4, -0.2) is 11.1 Å². The highest BCUT2D eigenvalue weighted by atomic mass is 127. The molecule has 0 fully saturated rings. The summed E-state index contributed by atoms with van der Waals surface area (Å²) < 4.78 is 11.7. The molecule has 0 bridgehead atoms. The van der Waals surface area contributed by atoms with Crippen molar-refractivity contribution in [3.8, 4) is 16.9 Å². The molecule has 0 spiro atoms. The monoisotopic (exact) mass is 433 g/mol. The molecule has 0 atom stereocenters. The first-order valence-corrected chi connectivity index (χ1v) is 8.59. The molecule has 0 amide bonds. The fraction of sp³-hybridized carbons (Fsp3) is 0.158. The van der Waals surface area contributed by atoms with Crippen LogP contribution >= 0.6 is 22.6 Å². The summed E-state index contributed by atoms with van der Waals surface area (Å²) in [5, 5.41) is 3.84. The van der Waals surface area contributed by atoms with Gasteiger partial charge in [0.15, 0.2) is 0 Å². The number of nitrogens with zero attached hydrogens (tertiary/aromatic N) is 1. The summed E-state index contributed by atoms with van der Waals surface area (Å²) in [5.74, 6) is 0.853. The van der Waals surface area contributed by atoms with Gasteiger partial charge in [-0.25, -0.2) is 0 Å². The van der Waals surface area contributed by atoms with E-state index in [2.05, 4.69) is 52.0 Å². The van der Waals surface area contributed by atoms with Gasteiger partial charge >= 0.3 is 5.97 Å². The van der Waals surface area contributed by atoms with Crippen LogP contribution in [-0.2, 0) is 11.2 Å². The average molecular weight is 433 g/mol. The molecule has 0 unspecified atom stereocenters. The van der Waals surface area contributed by atoms with Gasteiger partial charge in [-0.05, 0) is 71.8 Å². The van der Waals surface area contributed by atoms with Gasteiger partial charge in [-0.1, -0.05) is 29.4 Å². The number of aromatic nitrogens is 1. The highest BCUT2D eigenvalue weighted by molar-refractivity contribution is 14.1. The predicted octanol–water partition coefficient (Wildman–Crippen LogP) is 4.71. The first-order valence-electron chi connectivity index (χ1n) is 7.51. The number of halogens is 1. The number of carbonyl (C=O) groups excluding carboxylic acids is 1. The number of rotatable bonds is 4. The number of ether oxygens (including phenoxy) is 1. The molecule has 4 nitrogen and oxygen atoms in total. The maximum Gasteiger partial charge on any atom is 0.315 e. The van der Waals surface area contributed by atoms with Crippen molar-refractivity contribution in [2.75, 3.05) is 0 Å². The van der Waals surface area contributed by atoms with Crippen LogP contribution in [0.1, 0.15) is 17.0 Å². The molecule has 3 rings (SSSR count). The van der Waals surface area contributed by atoms with Gasteiger partial charge in [-0.15, -0.1) is 0 Å². The Morgan fingerprint density at radius 1 is 1.04 bits per heavy atom. The zero-order chi connectivity index (χ0) is 17.1. The van der Waals surface area contributed by atoms with Crippen LogP contribution in [0.25, 0.3) is 11.1 Å². The normalized spacial score (nSPS) is 10.6. The lowest BCUT2D eigenvalue weighted by molar-refractivity contribution is -0.133. The molecule has 0 radical (unpaired) electrons. The average Bonchev–Trinajstić information content (AvgIpc) is 2.88. The Labute approximate surface area is 154 Å². The van der Waals surface area contributed by atoms with E-state index in [1.807, 2.05) is 19.1 Å². The summed E-state index contributed by atoms with van der Waals surface area (Å²) in [6, 6.07) is 15.8. The maximum atomic E-state index is 12.1. The first kappa shape index (κ1) is 16.7. The molecule has 0 aliphatic heterocycles. The van der Waals surface area contributed by atoms with E-state index in [0.717, 1.165) is 22.4 Å². The Morgan fingerprint density at radius 2 is 1.62 bits per heavy atom. The molecule has 0 aliphatic rings. The lowest BCUT2D eigenvalue weighted by Crippen LogP contribution is -2.12. The molecule has 5 heteroatoms. The minimum atomic E-state index is -0.327. The van der Waals surface area contributed by atoms with E-state index in [9.17, 15) is 4.79 Å². The van der Waals surface area contributed by atoms with E-state index in [1.54, 1.807) is 19.1 Å². The van der Waals surface area contributed by atoms with Crippen molar-refractivity contribution in [3.05, 3.63) is 69.1 Å². The van der Waals surface area contributed by atoms with Crippen molar-refractivity contribution in [3.63, 3.8) is 0 Å². The number of benzene rings is 2. The maximum absolute atomic E-state index is 12.1. The van der Waals surface area contributed by atoms with Crippen molar-refractivity contribution in [2.45, 2.75) is 20.3 Å². The van der Waals surface area contributed by atoms with Crippen LogP contribution in [0.2, 0.25) is 0 Å². The topological polar surface area (TPSA) is 52.3 Å². The Balaban J connectivity index is 1.68. The fourth-order valence-corrected chi connectivity index (χ4v) is 2.78. The largest absolute Gasteiger partial charge is 0.426 e. The Hall–Kier alpha value is -2.15. The number of aryl methyl sites for hydroxylation is 2.